The quantitative estimate of drug-likeness (QED) is 0.511. The number of fused-ring (bicyclic) bond motifs is 1. The molecule has 0 radical (unpaired) electrons. The van der Waals surface area contributed by atoms with E-state index in [1.807, 2.05) is 0 Å². The maximum Gasteiger partial charge on any atom is 0.333 e. The third-order valence-corrected chi connectivity index (χ3v) is 3.42. The smallest absolute Gasteiger partial charge is 0.333 e. The Bertz CT molecular complexity index is 1010. The topological polar surface area (TPSA) is 113 Å². The van der Waals surface area contributed by atoms with Gasteiger partial charge in [0, 0.05) is 31.8 Å². The molecule has 0 fully saturated rings. The SMILES string of the molecule is Cn1c(=O)c2c(-c3ccc([N+](=O)[O-])cc3)noc2n(C)c1=O. The molecule has 3 aromatic rings. The molecule has 112 valence electrons. The van der Waals surface area contributed by atoms with Gasteiger partial charge >= 0.3 is 5.69 Å². The van der Waals surface area contributed by atoms with Crippen LogP contribution in [0.25, 0.3) is 22.4 Å². The van der Waals surface area contributed by atoms with Crippen molar-refractivity contribution in [2.24, 2.45) is 14.1 Å². The molecule has 0 saturated heterocycles. The van der Waals surface area contributed by atoms with Crippen LogP contribution in [0.15, 0.2) is 38.4 Å². The number of nitro groups is 1. The summed E-state index contributed by atoms with van der Waals surface area (Å²) in [7, 11) is 2.83. The van der Waals surface area contributed by atoms with Gasteiger partial charge in [0.2, 0.25) is 5.71 Å². The maximum atomic E-state index is 12.3. The van der Waals surface area contributed by atoms with Crippen molar-refractivity contribution in [3.8, 4) is 11.3 Å². The summed E-state index contributed by atoms with van der Waals surface area (Å²) in [5.41, 5.74) is -0.351. The second-order valence-corrected chi connectivity index (χ2v) is 4.72. The van der Waals surface area contributed by atoms with Crippen molar-refractivity contribution in [3.05, 3.63) is 55.2 Å². The largest absolute Gasteiger partial charge is 0.337 e. The van der Waals surface area contributed by atoms with Crippen LogP contribution in [0.1, 0.15) is 0 Å². The Morgan fingerprint density at radius 2 is 1.77 bits per heavy atom. The molecule has 3 rings (SSSR count). The summed E-state index contributed by atoms with van der Waals surface area (Å²) in [5, 5.41) is 14.6. The molecule has 0 bridgehead atoms. The van der Waals surface area contributed by atoms with Gasteiger partial charge in [-0.2, -0.15) is 0 Å². The highest BCUT2D eigenvalue weighted by Gasteiger charge is 2.19. The normalized spacial score (nSPS) is 11.0. The zero-order valence-corrected chi connectivity index (χ0v) is 11.6. The lowest BCUT2D eigenvalue weighted by Gasteiger charge is -2.02. The van der Waals surface area contributed by atoms with Gasteiger partial charge in [-0.05, 0) is 12.1 Å². The predicted molar refractivity (Wildman–Crippen MR) is 76.6 cm³/mol. The molecule has 9 heteroatoms. The minimum absolute atomic E-state index is 0.0569. The van der Waals surface area contributed by atoms with E-state index in [1.54, 1.807) is 0 Å². The fourth-order valence-electron chi connectivity index (χ4n) is 2.21. The van der Waals surface area contributed by atoms with Gasteiger partial charge in [-0.3, -0.25) is 24.0 Å². The molecular formula is C13H10N4O5. The molecule has 0 aliphatic carbocycles. The Hall–Kier alpha value is -3.23. The molecule has 1 aromatic carbocycles. The number of benzene rings is 1. The number of rotatable bonds is 2. The van der Waals surface area contributed by atoms with E-state index in [4.69, 9.17) is 4.52 Å². The maximum absolute atomic E-state index is 12.3. The highest BCUT2D eigenvalue weighted by Crippen LogP contribution is 2.26. The molecule has 0 unspecified atom stereocenters. The van der Waals surface area contributed by atoms with Crippen LogP contribution in [-0.4, -0.2) is 19.2 Å². The molecule has 22 heavy (non-hydrogen) atoms. The molecule has 0 aliphatic rings. The first-order chi connectivity index (χ1) is 10.4. The lowest BCUT2D eigenvalue weighted by Crippen LogP contribution is -2.36. The van der Waals surface area contributed by atoms with E-state index in [1.165, 1.54) is 42.9 Å². The van der Waals surface area contributed by atoms with E-state index >= 15 is 0 Å². The lowest BCUT2D eigenvalue weighted by atomic mass is 10.1. The number of hydrogen-bond donors (Lipinski definition) is 0. The van der Waals surface area contributed by atoms with Crippen LogP contribution >= 0.6 is 0 Å². The van der Waals surface area contributed by atoms with Crippen molar-refractivity contribution in [1.82, 2.24) is 14.3 Å². The lowest BCUT2D eigenvalue weighted by molar-refractivity contribution is -0.384. The summed E-state index contributed by atoms with van der Waals surface area (Å²) in [4.78, 5) is 34.3. The van der Waals surface area contributed by atoms with E-state index in [0.29, 0.717) is 5.56 Å². The van der Waals surface area contributed by atoms with Crippen molar-refractivity contribution in [1.29, 1.82) is 0 Å². The molecule has 0 saturated carbocycles. The van der Waals surface area contributed by atoms with Crippen LogP contribution in [0.3, 0.4) is 0 Å². The molecule has 0 spiro atoms. The second-order valence-electron chi connectivity index (χ2n) is 4.72. The predicted octanol–water partition coefficient (Wildman–Crippen LogP) is 0.800. The number of hydrogen-bond acceptors (Lipinski definition) is 6. The first-order valence-corrected chi connectivity index (χ1v) is 6.22. The molecule has 2 aromatic heterocycles. The Kier molecular flexibility index (Phi) is 2.91. The van der Waals surface area contributed by atoms with E-state index in [0.717, 1.165) is 4.57 Å². The second kappa shape index (κ2) is 4.65. The zero-order valence-electron chi connectivity index (χ0n) is 11.6. The van der Waals surface area contributed by atoms with E-state index in [2.05, 4.69) is 5.16 Å². The highest BCUT2D eigenvalue weighted by molar-refractivity contribution is 5.89. The number of aromatic nitrogens is 3. The monoisotopic (exact) mass is 302 g/mol. The van der Waals surface area contributed by atoms with Crippen LogP contribution in [0.2, 0.25) is 0 Å². The third-order valence-electron chi connectivity index (χ3n) is 3.42. The fourth-order valence-corrected chi connectivity index (χ4v) is 2.21. The Morgan fingerprint density at radius 3 is 2.36 bits per heavy atom. The van der Waals surface area contributed by atoms with Crippen molar-refractivity contribution in [2.45, 2.75) is 0 Å². The van der Waals surface area contributed by atoms with Gasteiger partial charge in [-0.25, -0.2) is 4.79 Å². The van der Waals surface area contributed by atoms with Gasteiger partial charge in [-0.1, -0.05) is 5.16 Å². The van der Waals surface area contributed by atoms with E-state index < -0.39 is 16.2 Å². The summed E-state index contributed by atoms with van der Waals surface area (Å²) in [6.45, 7) is 0. The van der Waals surface area contributed by atoms with Crippen molar-refractivity contribution < 1.29 is 9.45 Å². The van der Waals surface area contributed by atoms with Gasteiger partial charge in [0.05, 0.1) is 4.92 Å². The van der Waals surface area contributed by atoms with Crippen LogP contribution in [0.5, 0.6) is 0 Å². The molecule has 0 aliphatic heterocycles. The van der Waals surface area contributed by atoms with Gasteiger partial charge in [0.25, 0.3) is 11.2 Å². The van der Waals surface area contributed by atoms with Crippen LogP contribution in [0.4, 0.5) is 5.69 Å². The minimum Gasteiger partial charge on any atom is -0.337 e. The number of nitro benzene ring substituents is 1. The number of nitrogens with zero attached hydrogens (tertiary/aromatic N) is 4. The van der Waals surface area contributed by atoms with Gasteiger partial charge in [0.1, 0.15) is 11.1 Å². The summed E-state index contributed by atoms with van der Waals surface area (Å²) in [6, 6.07) is 5.56. The third kappa shape index (κ3) is 1.83. The molecule has 0 N–H and O–H groups in total. The molecule has 0 amide bonds. The van der Waals surface area contributed by atoms with Gasteiger partial charge < -0.3 is 4.52 Å². The average Bonchev–Trinajstić information content (AvgIpc) is 2.96. The standard InChI is InChI=1S/C13H10N4O5/c1-15-11(18)9-10(14-22-12(9)16(2)13(15)19)7-3-5-8(6-4-7)17(20)21/h3-6H,1-2H3. The van der Waals surface area contributed by atoms with Crippen LogP contribution < -0.4 is 11.2 Å². The molecular weight excluding hydrogens is 292 g/mol. The van der Waals surface area contributed by atoms with E-state index in [-0.39, 0.29) is 22.5 Å². The Morgan fingerprint density at radius 1 is 1.14 bits per heavy atom. The fraction of sp³-hybridized carbons (Fsp3) is 0.154. The van der Waals surface area contributed by atoms with Gasteiger partial charge in [0.15, 0.2) is 0 Å². The van der Waals surface area contributed by atoms with Crippen LogP contribution in [-0.2, 0) is 14.1 Å². The number of non-ortho nitro benzene ring substituents is 1. The average molecular weight is 302 g/mol. The highest BCUT2D eigenvalue weighted by atomic mass is 16.6. The van der Waals surface area contributed by atoms with Crippen LogP contribution in [0, 0.1) is 10.1 Å². The van der Waals surface area contributed by atoms with Crippen molar-refractivity contribution >= 4 is 16.8 Å². The Labute approximate surface area is 122 Å². The Balaban J connectivity index is 2.31. The van der Waals surface area contributed by atoms with Crippen molar-refractivity contribution in [2.75, 3.05) is 0 Å². The summed E-state index contributed by atoms with van der Waals surface area (Å²) in [6.07, 6.45) is 0. The van der Waals surface area contributed by atoms with Gasteiger partial charge in [-0.15, -0.1) is 0 Å². The molecule has 0 atom stereocenters. The summed E-state index contributed by atoms with van der Waals surface area (Å²) >= 11 is 0. The molecule has 9 nitrogen and oxygen atoms in total. The first kappa shape index (κ1) is 13.7. The number of aryl methyl sites for hydroxylation is 1. The van der Waals surface area contributed by atoms with E-state index in [9.17, 15) is 19.7 Å². The summed E-state index contributed by atoms with van der Waals surface area (Å²) in [5.74, 6) is 0. The van der Waals surface area contributed by atoms with Crippen molar-refractivity contribution in [3.63, 3.8) is 0 Å². The minimum atomic E-state index is -0.535. The molecule has 2 heterocycles. The first-order valence-electron chi connectivity index (χ1n) is 6.22. The summed E-state index contributed by atoms with van der Waals surface area (Å²) < 4.78 is 7.23. The zero-order chi connectivity index (χ0) is 16.0.